The Morgan fingerprint density at radius 3 is 2.67 bits per heavy atom. The van der Waals surface area contributed by atoms with Crippen molar-refractivity contribution in [3.8, 4) is 0 Å². The van der Waals surface area contributed by atoms with E-state index >= 15 is 0 Å². The molecule has 2 rings (SSSR count). The Morgan fingerprint density at radius 2 is 2.06 bits per heavy atom. The number of piperazine rings is 1. The highest BCUT2D eigenvalue weighted by Crippen LogP contribution is 2.05. The van der Waals surface area contributed by atoms with Gasteiger partial charge in [0.05, 0.1) is 13.0 Å². The highest BCUT2D eigenvalue weighted by molar-refractivity contribution is 5.78. The van der Waals surface area contributed by atoms with Crippen molar-refractivity contribution >= 4 is 5.91 Å². The summed E-state index contributed by atoms with van der Waals surface area (Å²) in [6, 6.07) is 5.62. The Hall–Kier alpha value is -1.46. The van der Waals surface area contributed by atoms with Crippen molar-refractivity contribution in [3.05, 3.63) is 30.1 Å². The molecular weight excluding hydrogens is 230 g/mol. The van der Waals surface area contributed by atoms with Gasteiger partial charge in [-0.3, -0.25) is 14.7 Å². The molecule has 0 radical (unpaired) electrons. The largest absolute Gasteiger partial charge is 0.395 e. The summed E-state index contributed by atoms with van der Waals surface area (Å²) in [7, 11) is 0. The molecular formula is C13H19N3O2. The second-order valence-corrected chi connectivity index (χ2v) is 4.44. The van der Waals surface area contributed by atoms with Crippen LogP contribution in [0.25, 0.3) is 0 Å². The second kappa shape index (κ2) is 6.47. The van der Waals surface area contributed by atoms with Gasteiger partial charge in [-0.15, -0.1) is 0 Å². The Balaban J connectivity index is 1.81. The fourth-order valence-corrected chi connectivity index (χ4v) is 2.13. The summed E-state index contributed by atoms with van der Waals surface area (Å²) in [6.45, 7) is 4.05. The molecule has 1 aromatic heterocycles. The van der Waals surface area contributed by atoms with Gasteiger partial charge in [0.15, 0.2) is 0 Å². The molecule has 0 saturated carbocycles. The maximum Gasteiger partial charge on any atom is 0.228 e. The number of rotatable bonds is 4. The lowest BCUT2D eigenvalue weighted by atomic mass is 10.2. The average Bonchev–Trinajstić information content (AvgIpc) is 2.41. The van der Waals surface area contributed by atoms with Crippen LogP contribution in [-0.4, -0.2) is 65.1 Å². The number of carbonyl (C=O) groups excluding carboxylic acids is 1. The van der Waals surface area contributed by atoms with Crippen molar-refractivity contribution in [1.29, 1.82) is 0 Å². The molecule has 5 heteroatoms. The van der Waals surface area contributed by atoms with Crippen molar-refractivity contribution in [3.63, 3.8) is 0 Å². The van der Waals surface area contributed by atoms with Crippen LogP contribution in [0.3, 0.4) is 0 Å². The molecule has 1 N–H and O–H groups in total. The van der Waals surface area contributed by atoms with Gasteiger partial charge in [0.2, 0.25) is 5.91 Å². The number of pyridine rings is 1. The van der Waals surface area contributed by atoms with Crippen molar-refractivity contribution in [2.24, 2.45) is 0 Å². The number of aromatic nitrogens is 1. The monoisotopic (exact) mass is 249 g/mol. The maximum absolute atomic E-state index is 12.1. The Kier molecular flexibility index (Phi) is 4.66. The van der Waals surface area contributed by atoms with Crippen LogP contribution in [0.1, 0.15) is 5.69 Å². The number of aliphatic hydroxyl groups is 1. The molecule has 1 fully saturated rings. The minimum absolute atomic E-state index is 0.136. The Bertz CT molecular complexity index is 375. The molecule has 1 aliphatic heterocycles. The van der Waals surface area contributed by atoms with E-state index in [2.05, 4.69) is 9.88 Å². The first-order chi connectivity index (χ1) is 8.79. The number of β-amino-alcohol motifs (C(OH)–C–C–N with tert-alkyl or cyclic N) is 1. The summed E-state index contributed by atoms with van der Waals surface area (Å²) in [5.74, 6) is 0.136. The van der Waals surface area contributed by atoms with Crippen LogP contribution in [0.2, 0.25) is 0 Å². The van der Waals surface area contributed by atoms with Gasteiger partial charge < -0.3 is 10.0 Å². The number of hydrogen-bond acceptors (Lipinski definition) is 4. The summed E-state index contributed by atoms with van der Waals surface area (Å²) < 4.78 is 0. The molecule has 0 aliphatic carbocycles. The van der Waals surface area contributed by atoms with E-state index in [0.29, 0.717) is 13.0 Å². The van der Waals surface area contributed by atoms with Crippen LogP contribution in [0.15, 0.2) is 24.4 Å². The molecule has 0 spiro atoms. The van der Waals surface area contributed by atoms with Gasteiger partial charge in [-0.25, -0.2) is 0 Å². The van der Waals surface area contributed by atoms with E-state index in [1.807, 2.05) is 23.1 Å². The number of aliphatic hydroxyl groups excluding tert-OH is 1. The molecule has 0 atom stereocenters. The van der Waals surface area contributed by atoms with E-state index in [1.54, 1.807) is 6.20 Å². The number of hydrogen-bond donors (Lipinski definition) is 1. The number of carbonyl (C=O) groups is 1. The predicted octanol–water partition coefficient (Wildman–Crippen LogP) is -0.239. The van der Waals surface area contributed by atoms with E-state index in [4.69, 9.17) is 5.11 Å². The first-order valence-electron chi connectivity index (χ1n) is 6.30. The zero-order valence-electron chi connectivity index (χ0n) is 10.5. The third kappa shape index (κ3) is 3.51. The van der Waals surface area contributed by atoms with Gasteiger partial charge in [-0.1, -0.05) is 6.07 Å². The number of amides is 1. The van der Waals surface area contributed by atoms with Gasteiger partial charge in [0, 0.05) is 44.6 Å². The fourth-order valence-electron chi connectivity index (χ4n) is 2.13. The molecule has 98 valence electrons. The molecule has 2 heterocycles. The van der Waals surface area contributed by atoms with Crippen LogP contribution >= 0.6 is 0 Å². The molecule has 5 nitrogen and oxygen atoms in total. The first kappa shape index (κ1) is 13.0. The van der Waals surface area contributed by atoms with E-state index in [9.17, 15) is 4.79 Å². The minimum Gasteiger partial charge on any atom is -0.395 e. The third-order valence-electron chi connectivity index (χ3n) is 3.20. The summed E-state index contributed by atoms with van der Waals surface area (Å²) in [5.41, 5.74) is 0.820. The highest BCUT2D eigenvalue weighted by atomic mass is 16.3. The van der Waals surface area contributed by atoms with Gasteiger partial charge in [-0.05, 0) is 12.1 Å². The fraction of sp³-hybridized carbons (Fsp3) is 0.538. The number of nitrogens with zero attached hydrogens (tertiary/aromatic N) is 3. The van der Waals surface area contributed by atoms with Crippen LogP contribution in [0.4, 0.5) is 0 Å². The first-order valence-corrected chi connectivity index (χ1v) is 6.30. The van der Waals surface area contributed by atoms with Crippen LogP contribution < -0.4 is 0 Å². The predicted molar refractivity (Wildman–Crippen MR) is 68.0 cm³/mol. The SMILES string of the molecule is O=C(Cc1ccccn1)N1CCN(CCO)CC1. The molecule has 1 aromatic rings. The van der Waals surface area contributed by atoms with E-state index in [0.717, 1.165) is 31.9 Å². The van der Waals surface area contributed by atoms with Crippen LogP contribution in [0, 0.1) is 0 Å². The average molecular weight is 249 g/mol. The quantitative estimate of drug-likeness (QED) is 0.800. The zero-order chi connectivity index (χ0) is 12.8. The topological polar surface area (TPSA) is 56.7 Å². The highest BCUT2D eigenvalue weighted by Gasteiger charge is 2.20. The van der Waals surface area contributed by atoms with Crippen molar-refractivity contribution in [2.75, 3.05) is 39.3 Å². The second-order valence-electron chi connectivity index (χ2n) is 4.44. The molecule has 1 amide bonds. The molecule has 0 unspecified atom stereocenters. The normalized spacial score (nSPS) is 16.8. The van der Waals surface area contributed by atoms with E-state index in [1.165, 1.54) is 0 Å². The summed E-state index contributed by atoms with van der Waals surface area (Å²) >= 11 is 0. The van der Waals surface area contributed by atoms with Crippen LogP contribution in [0.5, 0.6) is 0 Å². The summed E-state index contributed by atoms with van der Waals surface area (Å²) in [6.07, 6.45) is 2.09. The zero-order valence-corrected chi connectivity index (χ0v) is 10.5. The molecule has 0 bridgehead atoms. The summed E-state index contributed by atoms with van der Waals surface area (Å²) in [4.78, 5) is 20.3. The molecule has 0 aromatic carbocycles. The lowest BCUT2D eigenvalue weighted by molar-refractivity contribution is -0.132. The van der Waals surface area contributed by atoms with Crippen LogP contribution in [-0.2, 0) is 11.2 Å². The Morgan fingerprint density at radius 1 is 1.28 bits per heavy atom. The van der Waals surface area contributed by atoms with Gasteiger partial charge in [-0.2, -0.15) is 0 Å². The van der Waals surface area contributed by atoms with Gasteiger partial charge in [0.1, 0.15) is 0 Å². The lowest BCUT2D eigenvalue weighted by Gasteiger charge is -2.34. The maximum atomic E-state index is 12.1. The van der Waals surface area contributed by atoms with Crippen molar-refractivity contribution in [1.82, 2.24) is 14.8 Å². The minimum atomic E-state index is 0.136. The molecule has 1 saturated heterocycles. The van der Waals surface area contributed by atoms with Crippen molar-refractivity contribution in [2.45, 2.75) is 6.42 Å². The summed E-state index contributed by atoms with van der Waals surface area (Å²) in [5, 5.41) is 8.86. The lowest BCUT2D eigenvalue weighted by Crippen LogP contribution is -2.49. The van der Waals surface area contributed by atoms with Gasteiger partial charge >= 0.3 is 0 Å². The molecule has 1 aliphatic rings. The molecule has 18 heavy (non-hydrogen) atoms. The Labute approximate surface area is 107 Å². The van der Waals surface area contributed by atoms with E-state index in [-0.39, 0.29) is 12.5 Å². The third-order valence-corrected chi connectivity index (χ3v) is 3.20. The van der Waals surface area contributed by atoms with Gasteiger partial charge in [0.25, 0.3) is 0 Å². The standard InChI is InChI=1S/C13H19N3O2/c17-10-9-15-5-7-16(8-6-15)13(18)11-12-3-1-2-4-14-12/h1-4,17H,5-11H2. The smallest absolute Gasteiger partial charge is 0.228 e. The van der Waals surface area contributed by atoms with Crippen molar-refractivity contribution < 1.29 is 9.90 Å². The van der Waals surface area contributed by atoms with E-state index < -0.39 is 0 Å².